The number of fused-ring (bicyclic) bond motifs is 1. The molecule has 5 heteroatoms. The number of hydrogen-bond acceptors (Lipinski definition) is 4. The van der Waals surface area contributed by atoms with Crippen LogP contribution in [-0.2, 0) is 17.7 Å². The molecule has 1 unspecified atom stereocenters. The van der Waals surface area contributed by atoms with Gasteiger partial charge in [-0.15, -0.1) is 0 Å². The minimum atomic E-state index is -0.682. The SMILES string of the molecule is CCCCCCCCc1ccc(OCC(O)Cn2ccc3c(C(=O)OC(C)(C)C)cccc32)cc1. The summed E-state index contributed by atoms with van der Waals surface area (Å²) in [4.78, 5) is 12.6. The third-order valence-electron chi connectivity index (χ3n) is 6.02. The van der Waals surface area contributed by atoms with Gasteiger partial charge in [-0.2, -0.15) is 0 Å². The molecule has 2 aromatic carbocycles. The molecule has 0 amide bonds. The first-order valence-electron chi connectivity index (χ1n) is 13.0. The summed E-state index contributed by atoms with van der Waals surface area (Å²) in [7, 11) is 0. The molecule has 3 rings (SSSR count). The van der Waals surface area contributed by atoms with Crippen LogP contribution in [0, 0.1) is 0 Å². The molecule has 0 spiro atoms. The van der Waals surface area contributed by atoms with Crippen molar-refractivity contribution >= 4 is 16.9 Å². The number of rotatable bonds is 13. The summed E-state index contributed by atoms with van der Waals surface area (Å²) in [6.07, 6.45) is 10.1. The first-order chi connectivity index (χ1) is 16.8. The lowest BCUT2D eigenvalue weighted by Crippen LogP contribution is -2.24. The zero-order chi connectivity index (χ0) is 25.3. The highest BCUT2D eigenvalue weighted by Gasteiger charge is 2.20. The highest BCUT2D eigenvalue weighted by molar-refractivity contribution is 6.04. The number of carbonyl (C=O) groups is 1. The van der Waals surface area contributed by atoms with E-state index in [0.717, 1.165) is 23.1 Å². The normalized spacial score (nSPS) is 12.6. The van der Waals surface area contributed by atoms with Gasteiger partial charge >= 0.3 is 5.97 Å². The van der Waals surface area contributed by atoms with Crippen LogP contribution < -0.4 is 4.74 Å². The van der Waals surface area contributed by atoms with E-state index in [1.807, 2.05) is 61.9 Å². The molecule has 1 N–H and O–H groups in total. The van der Waals surface area contributed by atoms with Crippen molar-refractivity contribution in [3.05, 3.63) is 65.9 Å². The first kappa shape index (κ1) is 26.8. The molecule has 0 aliphatic carbocycles. The Balaban J connectivity index is 1.50. The molecular weight excluding hydrogens is 438 g/mol. The molecule has 35 heavy (non-hydrogen) atoms. The smallest absolute Gasteiger partial charge is 0.339 e. The van der Waals surface area contributed by atoms with Crippen LogP contribution in [0.5, 0.6) is 5.75 Å². The molecule has 1 aromatic heterocycles. The van der Waals surface area contributed by atoms with Crippen molar-refractivity contribution in [3.63, 3.8) is 0 Å². The molecule has 190 valence electrons. The molecule has 0 bridgehead atoms. The maximum Gasteiger partial charge on any atom is 0.339 e. The highest BCUT2D eigenvalue weighted by Crippen LogP contribution is 2.23. The third-order valence-corrected chi connectivity index (χ3v) is 6.02. The first-order valence-corrected chi connectivity index (χ1v) is 13.0. The molecule has 3 aromatic rings. The number of benzene rings is 2. The second-order valence-corrected chi connectivity index (χ2v) is 10.3. The van der Waals surface area contributed by atoms with Crippen LogP contribution in [0.4, 0.5) is 0 Å². The van der Waals surface area contributed by atoms with E-state index >= 15 is 0 Å². The summed E-state index contributed by atoms with van der Waals surface area (Å²) >= 11 is 0. The number of aromatic nitrogens is 1. The summed E-state index contributed by atoms with van der Waals surface area (Å²) in [5.41, 5.74) is 2.18. The molecule has 0 radical (unpaired) electrons. The molecule has 0 saturated heterocycles. The van der Waals surface area contributed by atoms with Gasteiger partial charge in [0.1, 0.15) is 24.1 Å². The fourth-order valence-corrected chi connectivity index (χ4v) is 4.23. The number of esters is 1. The molecule has 0 aliphatic heterocycles. The fourth-order valence-electron chi connectivity index (χ4n) is 4.23. The van der Waals surface area contributed by atoms with E-state index in [4.69, 9.17) is 9.47 Å². The molecule has 1 atom stereocenters. The van der Waals surface area contributed by atoms with E-state index in [1.165, 1.54) is 44.1 Å². The van der Waals surface area contributed by atoms with Crippen molar-refractivity contribution in [2.24, 2.45) is 0 Å². The molecule has 0 saturated carbocycles. The van der Waals surface area contributed by atoms with Gasteiger partial charge in [0, 0.05) is 17.1 Å². The number of aliphatic hydroxyl groups is 1. The van der Waals surface area contributed by atoms with Gasteiger partial charge in [0.25, 0.3) is 0 Å². The van der Waals surface area contributed by atoms with Crippen LogP contribution in [0.15, 0.2) is 54.7 Å². The summed E-state index contributed by atoms with van der Waals surface area (Å²) in [5, 5.41) is 11.4. The van der Waals surface area contributed by atoms with Gasteiger partial charge in [0.15, 0.2) is 0 Å². The number of unbranched alkanes of at least 4 members (excludes halogenated alkanes) is 5. The third kappa shape index (κ3) is 8.43. The Morgan fingerprint density at radius 1 is 0.971 bits per heavy atom. The Morgan fingerprint density at radius 2 is 1.69 bits per heavy atom. The van der Waals surface area contributed by atoms with Gasteiger partial charge < -0.3 is 19.1 Å². The van der Waals surface area contributed by atoms with Crippen LogP contribution in [-0.4, -0.2) is 34.0 Å². The Morgan fingerprint density at radius 3 is 2.40 bits per heavy atom. The van der Waals surface area contributed by atoms with Crippen molar-refractivity contribution in [3.8, 4) is 5.75 Å². The number of carbonyl (C=O) groups excluding carboxylic acids is 1. The average molecular weight is 480 g/mol. The summed E-state index contributed by atoms with van der Waals surface area (Å²) in [5.74, 6) is 0.421. The van der Waals surface area contributed by atoms with Gasteiger partial charge in [0.2, 0.25) is 0 Å². The molecule has 5 nitrogen and oxygen atoms in total. The van der Waals surface area contributed by atoms with Gasteiger partial charge in [-0.05, 0) is 69.5 Å². The predicted octanol–water partition coefficient (Wildman–Crippen LogP) is 6.94. The van der Waals surface area contributed by atoms with E-state index < -0.39 is 11.7 Å². The van der Waals surface area contributed by atoms with Crippen LogP contribution in [0.1, 0.15) is 82.1 Å². The molecular formula is C30H41NO4. The minimum Gasteiger partial charge on any atom is -0.491 e. The molecule has 0 fully saturated rings. The van der Waals surface area contributed by atoms with Crippen LogP contribution in [0.25, 0.3) is 10.9 Å². The zero-order valence-corrected chi connectivity index (χ0v) is 21.8. The minimum absolute atomic E-state index is 0.197. The largest absolute Gasteiger partial charge is 0.491 e. The predicted molar refractivity (Wildman–Crippen MR) is 142 cm³/mol. The lowest BCUT2D eigenvalue weighted by molar-refractivity contribution is 0.00718. The van der Waals surface area contributed by atoms with Crippen molar-refractivity contribution in [2.45, 2.75) is 90.9 Å². The highest BCUT2D eigenvalue weighted by atomic mass is 16.6. The average Bonchev–Trinajstić information content (AvgIpc) is 3.22. The number of aliphatic hydroxyl groups excluding tert-OH is 1. The van der Waals surface area contributed by atoms with Crippen molar-refractivity contribution in [1.29, 1.82) is 0 Å². The van der Waals surface area contributed by atoms with Crippen LogP contribution in [0.2, 0.25) is 0 Å². The maximum absolute atomic E-state index is 12.6. The van der Waals surface area contributed by atoms with Gasteiger partial charge in [0.05, 0.1) is 12.1 Å². The summed E-state index contributed by atoms with van der Waals surface area (Å²) in [6.45, 7) is 8.38. The summed E-state index contributed by atoms with van der Waals surface area (Å²) < 4.78 is 13.3. The van der Waals surface area contributed by atoms with Crippen LogP contribution in [0.3, 0.4) is 0 Å². The standard InChI is InChI=1S/C30H41NO4/c1-5-6-7-8-9-10-12-23-15-17-25(18-16-23)34-22-24(32)21-31-20-19-26-27(13-11-14-28(26)31)29(33)35-30(2,3)4/h11,13-20,24,32H,5-10,12,21-22H2,1-4H3. The van der Waals surface area contributed by atoms with Gasteiger partial charge in [-0.25, -0.2) is 4.79 Å². The number of hydrogen-bond donors (Lipinski definition) is 1. The lowest BCUT2D eigenvalue weighted by Gasteiger charge is -2.20. The summed E-state index contributed by atoms with van der Waals surface area (Å²) in [6, 6.07) is 15.7. The van der Waals surface area contributed by atoms with Crippen molar-refractivity contribution < 1.29 is 19.4 Å². The number of aryl methyl sites for hydroxylation is 1. The Hall–Kier alpha value is -2.79. The molecule has 0 aliphatic rings. The quantitative estimate of drug-likeness (QED) is 0.213. The van der Waals surface area contributed by atoms with Crippen LogP contribution >= 0.6 is 0 Å². The van der Waals surface area contributed by atoms with E-state index in [0.29, 0.717) is 12.1 Å². The Labute approximate surface area is 210 Å². The number of nitrogens with zero attached hydrogens (tertiary/aromatic N) is 1. The van der Waals surface area contributed by atoms with Crippen molar-refractivity contribution in [2.75, 3.05) is 6.61 Å². The van der Waals surface area contributed by atoms with E-state index in [9.17, 15) is 9.90 Å². The van der Waals surface area contributed by atoms with Gasteiger partial charge in [-0.3, -0.25) is 0 Å². The molecule has 1 heterocycles. The Kier molecular flexibility index (Phi) is 9.79. The van der Waals surface area contributed by atoms with Crippen molar-refractivity contribution in [1.82, 2.24) is 4.57 Å². The van der Waals surface area contributed by atoms with E-state index in [1.54, 1.807) is 6.07 Å². The fraction of sp³-hybridized carbons (Fsp3) is 0.500. The lowest BCUT2D eigenvalue weighted by atomic mass is 10.0. The van der Waals surface area contributed by atoms with Gasteiger partial charge in [-0.1, -0.05) is 57.2 Å². The Bertz CT molecular complexity index is 1060. The second-order valence-electron chi connectivity index (χ2n) is 10.3. The van der Waals surface area contributed by atoms with E-state index in [-0.39, 0.29) is 12.6 Å². The monoisotopic (exact) mass is 479 g/mol. The second kappa shape index (κ2) is 12.8. The maximum atomic E-state index is 12.6. The topological polar surface area (TPSA) is 60.7 Å². The van der Waals surface area contributed by atoms with E-state index in [2.05, 4.69) is 19.1 Å². The zero-order valence-electron chi connectivity index (χ0n) is 21.8. The number of ether oxygens (including phenoxy) is 2.